The first-order valence-electron chi connectivity index (χ1n) is 6.68. The topological polar surface area (TPSA) is 68.8 Å². The van der Waals surface area contributed by atoms with E-state index in [-0.39, 0.29) is 0 Å². The Morgan fingerprint density at radius 2 is 2.35 bits per heavy atom. The quantitative estimate of drug-likeness (QED) is 0.835. The molecule has 0 bridgehead atoms. The van der Waals surface area contributed by atoms with Gasteiger partial charge < -0.3 is 11.1 Å². The summed E-state index contributed by atoms with van der Waals surface area (Å²) in [6.45, 7) is 0.613. The Morgan fingerprint density at radius 3 is 3.05 bits per heavy atom. The number of nitrogens with one attached hydrogen (secondary N) is 1. The predicted octanol–water partition coefficient (Wildman–Crippen LogP) is 1.55. The summed E-state index contributed by atoms with van der Waals surface area (Å²) >= 11 is 5.13. The molecular formula is C14H17N5S. The highest BCUT2D eigenvalue weighted by Crippen LogP contribution is 2.25. The van der Waals surface area contributed by atoms with Crippen molar-refractivity contribution in [3.05, 3.63) is 40.8 Å². The number of aromatic nitrogens is 3. The van der Waals surface area contributed by atoms with Crippen LogP contribution >= 0.6 is 12.2 Å². The smallest absolute Gasteiger partial charge is 0.136 e. The van der Waals surface area contributed by atoms with Gasteiger partial charge in [-0.3, -0.25) is 4.68 Å². The van der Waals surface area contributed by atoms with Gasteiger partial charge in [-0.1, -0.05) is 12.2 Å². The van der Waals surface area contributed by atoms with E-state index in [1.165, 1.54) is 5.56 Å². The fraction of sp³-hybridized carbons (Fsp3) is 0.357. The second-order valence-corrected chi connectivity index (χ2v) is 5.48. The summed E-state index contributed by atoms with van der Waals surface area (Å²) in [5.41, 5.74) is 10.0. The molecule has 0 radical (unpaired) electrons. The van der Waals surface area contributed by atoms with Crippen LogP contribution < -0.4 is 11.1 Å². The van der Waals surface area contributed by atoms with Gasteiger partial charge in [0.05, 0.1) is 17.8 Å². The van der Waals surface area contributed by atoms with Crippen LogP contribution in [0.4, 0.5) is 5.82 Å². The van der Waals surface area contributed by atoms with E-state index in [1.54, 1.807) is 4.68 Å². The highest BCUT2D eigenvalue weighted by atomic mass is 32.1. The number of rotatable bonds is 4. The van der Waals surface area contributed by atoms with Gasteiger partial charge in [-0.25, -0.2) is 4.98 Å². The van der Waals surface area contributed by atoms with E-state index in [0.717, 1.165) is 42.0 Å². The number of fused-ring (bicyclic) bond motifs is 1. The second-order valence-electron chi connectivity index (χ2n) is 5.04. The maximum atomic E-state index is 5.81. The van der Waals surface area contributed by atoms with Crippen LogP contribution in [0.25, 0.3) is 0 Å². The predicted molar refractivity (Wildman–Crippen MR) is 82.7 cm³/mol. The first-order chi connectivity index (χ1) is 9.63. The number of thiocarbonyl (C=S) groups is 1. The zero-order chi connectivity index (χ0) is 14.1. The molecule has 2 heterocycles. The van der Waals surface area contributed by atoms with E-state index in [0.29, 0.717) is 11.5 Å². The summed E-state index contributed by atoms with van der Waals surface area (Å²) in [7, 11) is 1.90. The molecule has 1 aliphatic carbocycles. The zero-order valence-corrected chi connectivity index (χ0v) is 12.2. The summed E-state index contributed by atoms with van der Waals surface area (Å²) in [6, 6.07) is 4.05. The van der Waals surface area contributed by atoms with Gasteiger partial charge >= 0.3 is 0 Å². The van der Waals surface area contributed by atoms with E-state index >= 15 is 0 Å². The molecule has 0 unspecified atom stereocenters. The fourth-order valence-electron chi connectivity index (χ4n) is 2.53. The number of anilines is 1. The molecule has 3 N–H and O–H groups in total. The van der Waals surface area contributed by atoms with Crippen molar-refractivity contribution in [2.24, 2.45) is 12.8 Å². The molecule has 0 saturated carbocycles. The molecule has 0 amide bonds. The maximum absolute atomic E-state index is 5.81. The van der Waals surface area contributed by atoms with E-state index in [4.69, 9.17) is 18.0 Å². The minimum Gasteiger partial charge on any atom is -0.389 e. The molecule has 0 aromatic carbocycles. The van der Waals surface area contributed by atoms with E-state index < -0.39 is 0 Å². The molecule has 6 heteroatoms. The highest BCUT2D eigenvalue weighted by Gasteiger charge is 2.17. The molecule has 0 aliphatic heterocycles. The summed E-state index contributed by atoms with van der Waals surface area (Å²) in [5.74, 6) is 0.767. The number of nitrogens with zero attached hydrogens (tertiary/aromatic N) is 3. The average Bonchev–Trinajstić information content (AvgIpc) is 3.03. The SMILES string of the molecule is Cn1ccc(CNc2nc3c(cc2C(N)=S)CCC3)n1. The van der Waals surface area contributed by atoms with Gasteiger partial charge in [-0.05, 0) is 37.0 Å². The Bertz CT molecular complexity index is 662. The molecule has 0 atom stereocenters. The van der Waals surface area contributed by atoms with Gasteiger partial charge in [0.25, 0.3) is 0 Å². The van der Waals surface area contributed by atoms with Crippen molar-refractivity contribution < 1.29 is 0 Å². The van der Waals surface area contributed by atoms with Gasteiger partial charge in [0.15, 0.2) is 0 Å². The maximum Gasteiger partial charge on any atom is 0.136 e. The molecule has 2 aromatic rings. The first-order valence-corrected chi connectivity index (χ1v) is 7.09. The number of aryl methyl sites for hydroxylation is 3. The number of pyridine rings is 1. The normalized spacial score (nSPS) is 13.2. The number of nitrogens with two attached hydrogens (primary N) is 1. The van der Waals surface area contributed by atoms with Gasteiger partial charge in [0.1, 0.15) is 10.8 Å². The van der Waals surface area contributed by atoms with Gasteiger partial charge in [-0.2, -0.15) is 5.10 Å². The lowest BCUT2D eigenvalue weighted by atomic mass is 10.1. The van der Waals surface area contributed by atoms with E-state index in [1.807, 2.05) is 19.3 Å². The third-order valence-corrected chi connectivity index (χ3v) is 3.74. The minimum atomic E-state index is 0.385. The summed E-state index contributed by atoms with van der Waals surface area (Å²) in [4.78, 5) is 5.07. The molecule has 0 spiro atoms. The van der Waals surface area contributed by atoms with Crippen LogP contribution in [0, 0.1) is 0 Å². The van der Waals surface area contributed by atoms with E-state index in [2.05, 4.69) is 21.5 Å². The Morgan fingerprint density at radius 1 is 1.50 bits per heavy atom. The Kier molecular flexibility index (Phi) is 3.40. The Labute approximate surface area is 123 Å². The minimum absolute atomic E-state index is 0.385. The molecule has 2 aromatic heterocycles. The fourth-order valence-corrected chi connectivity index (χ4v) is 2.68. The lowest BCUT2D eigenvalue weighted by molar-refractivity contribution is 0.747. The van der Waals surface area contributed by atoms with Crippen molar-refractivity contribution in [1.29, 1.82) is 0 Å². The summed E-state index contributed by atoms with van der Waals surface area (Å²) in [5, 5.41) is 7.63. The molecule has 1 aliphatic rings. The van der Waals surface area contributed by atoms with Crippen molar-refractivity contribution in [2.75, 3.05) is 5.32 Å². The standard InChI is InChI=1S/C14H17N5S/c1-19-6-5-10(18-19)8-16-14-11(13(15)20)7-9-3-2-4-12(9)17-14/h5-7H,2-4,8H2,1H3,(H2,15,20)(H,16,17). The van der Waals surface area contributed by atoms with Crippen LogP contribution in [0.1, 0.15) is 28.9 Å². The average molecular weight is 287 g/mol. The Hall–Kier alpha value is -1.95. The van der Waals surface area contributed by atoms with Crippen molar-refractivity contribution >= 4 is 23.0 Å². The molecule has 0 saturated heterocycles. The second kappa shape index (κ2) is 5.20. The van der Waals surface area contributed by atoms with Crippen molar-refractivity contribution in [3.8, 4) is 0 Å². The first kappa shape index (κ1) is 13.1. The van der Waals surface area contributed by atoms with Gasteiger partial charge in [-0.15, -0.1) is 0 Å². The zero-order valence-electron chi connectivity index (χ0n) is 11.4. The molecule has 5 nitrogen and oxygen atoms in total. The van der Waals surface area contributed by atoms with Crippen molar-refractivity contribution in [2.45, 2.75) is 25.8 Å². The van der Waals surface area contributed by atoms with Crippen LogP contribution in [-0.4, -0.2) is 19.8 Å². The lowest BCUT2D eigenvalue weighted by Crippen LogP contribution is -2.16. The van der Waals surface area contributed by atoms with Crippen LogP contribution in [0.2, 0.25) is 0 Å². The molecular weight excluding hydrogens is 270 g/mol. The van der Waals surface area contributed by atoms with Gasteiger partial charge in [0.2, 0.25) is 0 Å². The molecule has 104 valence electrons. The van der Waals surface area contributed by atoms with Crippen LogP contribution in [-0.2, 0) is 26.4 Å². The largest absolute Gasteiger partial charge is 0.389 e. The summed E-state index contributed by atoms with van der Waals surface area (Å²) in [6.07, 6.45) is 5.17. The Balaban J connectivity index is 1.86. The monoisotopic (exact) mass is 287 g/mol. The van der Waals surface area contributed by atoms with Crippen LogP contribution in [0.3, 0.4) is 0 Å². The third-order valence-electron chi connectivity index (χ3n) is 3.52. The van der Waals surface area contributed by atoms with Crippen molar-refractivity contribution in [1.82, 2.24) is 14.8 Å². The third kappa shape index (κ3) is 2.51. The van der Waals surface area contributed by atoms with Crippen LogP contribution in [0.5, 0.6) is 0 Å². The highest BCUT2D eigenvalue weighted by molar-refractivity contribution is 7.80. The number of hydrogen-bond donors (Lipinski definition) is 2. The lowest BCUT2D eigenvalue weighted by Gasteiger charge is -2.12. The van der Waals surface area contributed by atoms with Crippen LogP contribution in [0.15, 0.2) is 18.3 Å². The van der Waals surface area contributed by atoms with E-state index in [9.17, 15) is 0 Å². The number of hydrogen-bond acceptors (Lipinski definition) is 4. The molecule has 20 heavy (non-hydrogen) atoms. The molecule has 0 fully saturated rings. The summed E-state index contributed by atoms with van der Waals surface area (Å²) < 4.78 is 1.78. The van der Waals surface area contributed by atoms with Gasteiger partial charge in [0, 0.05) is 18.9 Å². The van der Waals surface area contributed by atoms with Crippen molar-refractivity contribution in [3.63, 3.8) is 0 Å². The molecule has 3 rings (SSSR count).